The van der Waals surface area contributed by atoms with Crippen LogP contribution in [0.15, 0.2) is 35.2 Å². The van der Waals surface area contributed by atoms with Crippen molar-refractivity contribution in [2.24, 2.45) is 5.73 Å². The van der Waals surface area contributed by atoms with Gasteiger partial charge in [0.2, 0.25) is 0 Å². The van der Waals surface area contributed by atoms with Crippen molar-refractivity contribution in [1.82, 2.24) is 9.78 Å². The van der Waals surface area contributed by atoms with Crippen molar-refractivity contribution in [3.8, 4) is 0 Å². The third-order valence-corrected chi connectivity index (χ3v) is 5.48. The molecule has 2 atom stereocenters. The summed E-state index contributed by atoms with van der Waals surface area (Å²) in [5.41, 5.74) is 10.4. The van der Waals surface area contributed by atoms with E-state index in [2.05, 4.69) is 54.0 Å². The molecular weight excluding hydrogens is 278 g/mol. The first-order valence-corrected chi connectivity index (χ1v) is 8.74. The lowest BCUT2D eigenvalue weighted by atomic mass is 9.91. The third-order valence-electron chi connectivity index (χ3n) is 4.27. The van der Waals surface area contributed by atoms with E-state index in [0.717, 1.165) is 25.1 Å². The molecule has 112 valence electrons. The zero-order chi connectivity index (χ0) is 14.8. The number of aryl methyl sites for hydroxylation is 2. The molecule has 2 unspecified atom stereocenters. The number of hydrogen-bond donors (Lipinski definition) is 1. The van der Waals surface area contributed by atoms with E-state index in [-0.39, 0.29) is 6.04 Å². The van der Waals surface area contributed by atoms with Crippen molar-refractivity contribution in [3.63, 3.8) is 0 Å². The summed E-state index contributed by atoms with van der Waals surface area (Å²) >= 11 is 1.93. The number of rotatable bonds is 5. The minimum absolute atomic E-state index is 0.160. The Labute approximate surface area is 130 Å². The number of aromatic nitrogens is 2. The van der Waals surface area contributed by atoms with E-state index in [1.54, 1.807) is 0 Å². The molecule has 0 bridgehead atoms. The van der Waals surface area contributed by atoms with Gasteiger partial charge in [0.15, 0.2) is 0 Å². The minimum Gasteiger partial charge on any atom is -0.327 e. The maximum Gasteiger partial charge on any atom is 0.0624 e. The second-order valence-corrected chi connectivity index (χ2v) is 6.68. The molecule has 0 aliphatic carbocycles. The first-order chi connectivity index (χ1) is 10.2. The maximum atomic E-state index is 6.55. The zero-order valence-electron chi connectivity index (χ0n) is 12.7. The fourth-order valence-corrected chi connectivity index (χ4v) is 4.40. The molecule has 0 radical (unpaired) electrons. The summed E-state index contributed by atoms with van der Waals surface area (Å²) in [5, 5.41) is 4.63. The topological polar surface area (TPSA) is 43.8 Å². The molecule has 3 nitrogen and oxygen atoms in total. The molecule has 0 saturated heterocycles. The molecule has 0 fully saturated rings. The van der Waals surface area contributed by atoms with E-state index < -0.39 is 0 Å². The Kier molecular flexibility index (Phi) is 4.36. The number of benzene rings is 1. The molecule has 3 rings (SSSR count). The molecule has 4 heteroatoms. The summed E-state index contributed by atoms with van der Waals surface area (Å²) in [6.45, 7) is 5.20. The van der Waals surface area contributed by atoms with Crippen LogP contribution in [0.25, 0.3) is 0 Å². The van der Waals surface area contributed by atoms with Crippen molar-refractivity contribution in [1.29, 1.82) is 0 Å². The quantitative estimate of drug-likeness (QED) is 0.922. The van der Waals surface area contributed by atoms with Gasteiger partial charge < -0.3 is 5.73 Å². The number of hydrogen-bond acceptors (Lipinski definition) is 3. The Morgan fingerprint density at radius 3 is 2.95 bits per heavy atom. The predicted octanol–water partition coefficient (Wildman–Crippen LogP) is 3.22. The minimum atomic E-state index is 0.160. The van der Waals surface area contributed by atoms with Crippen LogP contribution in [0, 0.1) is 0 Å². The normalized spacial score (nSPS) is 18.7. The van der Waals surface area contributed by atoms with Gasteiger partial charge in [0, 0.05) is 41.3 Å². The Balaban J connectivity index is 1.78. The molecule has 0 spiro atoms. The van der Waals surface area contributed by atoms with Gasteiger partial charge in [0.05, 0.1) is 5.69 Å². The summed E-state index contributed by atoms with van der Waals surface area (Å²) in [5.74, 6) is 1.55. The molecule has 1 aromatic carbocycles. The largest absolute Gasteiger partial charge is 0.327 e. The van der Waals surface area contributed by atoms with Crippen molar-refractivity contribution in [2.45, 2.75) is 50.1 Å². The molecule has 2 heterocycles. The fraction of sp³-hybridized carbons (Fsp3) is 0.471. The third kappa shape index (κ3) is 2.87. The van der Waals surface area contributed by atoms with Crippen LogP contribution in [0.5, 0.6) is 0 Å². The van der Waals surface area contributed by atoms with Gasteiger partial charge in [0.1, 0.15) is 0 Å². The second kappa shape index (κ2) is 6.24. The van der Waals surface area contributed by atoms with Crippen LogP contribution in [-0.2, 0) is 19.4 Å². The molecular formula is C17H23N3S. The van der Waals surface area contributed by atoms with Crippen LogP contribution in [0.1, 0.15) is 36.7 Å². The average molecular weight is 301 g/mol. The molecule has 0 amide bonds. The highest BCUT2D eigenvalue weighted by Gasteiger charge is 2.28. The first-order valence-electron chi connectivity index (χ1n) is 7.75. The Morgan fingerprint density at radius 1 is 1.38 bits per heavy atom. The van der Waals surface area contributed by atoms with Crippen molar-refractivity contribution < 1.29 is 0 Å². The van der Waals surface area contributed by atoms with E-state index >= 15 is 0 Å². The van der Waals surface area contributed by atoms with E-state index in [9.17, 15) is 0 Å². The van der Waals surface area contributed by atoms with Crippen LogP contribution in [-0.4, -0.2) is 21.6 Å². The monoisotopic (exact) mass is 301 g/mol. The van der Waals surface area contributed by atoms with Crippen molar-refractivity contribution in [3.05, 3.63) is 47.3 Å². The summed E-state index contributed by atoms with van der Waals surface area (Å²) < 4.78 is 2.10. The molecule has 1 aliphatic rings. The fourth-order valence-electron chi connectivity index (χ4n) is 3.05. The molecule has 21 heavy (non-hydrogen) atoms. The summed E-state index contributed by atoms with van der Waals surface area (Å²) in [6, 6.07) is 11.0. The summed E-state index contributed by atoms with van der Waals surface area (Å²) in [6.07, 6.45) is 1.89. The highest BCUT2D eigenvalue weighted by molar-refractivity contribution is 7.99. The molecule has 1 aliphatic heterocycles. The second-order valence-electron chi connectivity index (χ2n) is 5.62. The van der Waals surface area contributed by atoms with E-state index in [4.69, 9.17) is 5.73 Å². The lowest BCUT2D eigenvalue weighted by molar-refractivity contribution is 0.531. The summed E-state index contributed by atoms with van der Waals surface area (Å²) in [4.78, 5) is 1.40. The van der Waals surface area contributed by atoms with Crippen LogP contribution < -0.4 is 5.73 Å². The Hall–Kier alpha value is -1.26. The SMILES string of the molecule is CCc1cc(CC(N)C2CSc3ccccc32)n(CC)n1. The van der Waals surface area contributed by atoms with Gasteiger partial charge in [-0.05, 0) is 31.0 Å². The molecule has 2 N–H and O–H groups in total. The number of nitrogens with two attached hydrogens (primary N) is 1. The highest BCUT2D eigenvalue weighted by atomic mass is 32.2. The number of nitrogens with zero attached hydrogens (tertiary/aromatic N) is 2. The molecule has 1 aromatic heterocycles. The molecule has 0 saturated carbocycles. The highest BCUT2D eigenvalue weighted by Crippen LogP contribution is 2.41. The maximum absolute atomic E-state index is 6.55. The Bertz CT molecular complexity index is 620. The van der Waals surface area contributed by atoms with Crippen LogP contribution >= 0.6 is 11.8 Å². The number of thioether (sulfide) groups is 1. The van der Waals surface area contributed by atoms with Crippen LogP contribution in [0.3, 0.4) is 0 Å². The van der Waals surface area contributed by atoms with Gasteiger partial charge in [-0.25, -0.2) is 0 Å². The van der Waals surface area contributed by atoms with Gasteiger partial charge in [-0.15, -0.1) is 11.8 Å². The smallest absolute Gasteiger partial charge is 0.0624 e. The summed E-state index contributed by atoms with van der Waals surface area (Å²) in [7, 11) is 0. The Morgan fingerprint density at radius 2 is 2.19 bits per heavy atom. The van der Waals surface area contributed by atoms with E-state index in [1.165, 1.54) is 21.8 Å². The average Bonchev–Trinajstić information content (AvgIpc) is 3.10. The van der Waals surface area contributed by atoms with Gasteiger partial charge in [-0.3, -0.25) is 4.68 Å². The van der Waals surface area contributed by atoms with Crippen LogP contribution in [0.4, 0.5) is 0 Å². The molecule has 2 aromatic rings. The van der Waals surface area contributed by atoms with E-state index in [0.29, 0.717) is 5.92 Å². The predicted molar refractivity (Wildman–Crippen MR) is 88.9 cm³/mol. The lowest BCUT2D eigenvalue weighted by Gasteiger charge is -2.20. The number of fused-ring (bicyclic) bond motifs is 1. The van der Waals surface area contributed by atoms with Gasteiger partial charge in [-0.2, -0.15) is 5.10 Å². The zero-order valence-corrected chi connectivity index (χ0v) is 13.6. The standard InChI is InChI=1S/C17H23N3S/c1-3-12-9-13(20(4-2)19-12)10-16(18)15-11-21-17-8-6-5-7-14(15)17/h5-9,15-16H,3-4,10-11,18H2,1-2H3. The van der Waals surface area contributed by atoms with Gasteiger partial charge in [-0.1, -0.05) is 25.1 Å². The first kappa shape index (κ1) is 14.7. The van der Waals surface area contributed by atoms with Gasteiger partial charge in [0.25, 0.3) is 0 Å². The lowest BCUT2D eigenvalue weighted by Crippen LogP contribution is -2.31. The van der Waals surface area contributed by atoms with Crippen molar-refractivity contribution >= 4 is 11.8 Å². The van der Waals surface area contributed by atoms with Crippen molar-refractivity contribution in [2.75, 3.05) is 5.75 Å². The van der Waals surface area contributed by atoms with Gasteiger partial charge >= 0.3 is 0 Å². The van der Waals surface area contributed by atoms with E-state index in [1.807, 2.05) is 11.8 Å². The van der Waals surface area contributed by atoms with Crippen LogP contribution in [0.2, 0.25) is 0 Å².